The van der Waals surface area contributed by atoms with Crippen LogP contribution in [0.1, 0.15) is 34.1 Å². The van der Waals surface area contributed by atoms with Crippen LogP contribution < -0.4 is 0 Å². The second kappa shape index (κ2) is 8.43. The quantitative estimate of drug-likeness (QED) is 0.448. The molecule has 3 heterocycles. The Labute approximate surface area is 183 Å². The summed E-state index contributed by atoms with van der Waals surface area (Å²) in [7, 11) is 0. The molecule has 1 amide bonds. The number of piperidine rings is 1. The Morgan fingerprint density at radius 3 is 2.55 bits per heavy atom. The summed E-state index contributed by atoms with van der Waals surface area (Å²) in [5.41, 5.74) is 2.17. The average molecular weight is 433 g/mol. The van der Waals surface area contributed by atoms with Crippen LogP contribution in [0.3, 0.4) is 0 Å². The number of halogens is 1. The Bertz CT molecular complexity index is 1190. The number of benzene rings is 2. The molecule has 1 aliphatic heterocycles. The highest BCUT2D eigenvalue weighted by Crippen LogP contribution is 2.33. The molecule has 5 rings (SSSR count). The third kappa shape index (κ3) is 4.01. The molecule has 1 saturated heterocycles. The van der Waals surface area contributed by atoms with Gasteiger partial charge in [-0.2, -0.15) is 0 Å². The molecule has 0 saturated carbocycles. The van der Waals surface area contributed by atoms with Crippen molar-refractivity contribution in [2.24, 2.45) is 0 Å². The second-order valence-corrected chi connectivity index (χ2v) is 8.66. The van der Waals surface area contributed by atoms with Gasteiger partial charge in [0.25, 0.3) is 5.91 Å². The molecule has 2 aromatic carbocycles. The van der Waals surface area contributed by atoms with Gasteiger partial charge in [0, 0.05) is 48.2 Å². The van der Waals surface area contributed by atoms with E-state index in [0.29, 0.717) is 22.7 Å². The first kappa shape index (κ1) is 19.6. The Hall–Kier alpha value is -3.32. The van der Waals surface area contributed by atoms with Gasteiger partial charge in [-0.3, -0.25) is 4.79 Å². The lowest BCUT2D eigenvalue weighted by Crippen LogP contribution is -2.39. The number of likely N-dealkylation sites (tertiary alicyclic amines) is 1. The van der Waals surface area contributed by atoms with Gasteiger partial charge in [-0.15, -0.1) is 10.2 Å². The van der Waals surface area contributed by atoms with Gasteiger partial charge in [-0.1, -0.05) is 23.5 Å². The molecule has 0 spiro atoms. The van der Waals surface area contributed by atoms with Crippen molar-refractivity contribution in [2.45, 2.75) is 18.8 Å². The third-order valence-electron chi connectivity index (χ3n) is 5.62. The molecule has 2 aromatic heterocycles. The molecule has 5 nitrogen and oxygen atoms in total. The third-order valence-corrected chi connectivity index (χ3v) is 6.74. The fourth-order valence-corrected chi connectivity index (χ4v) is 4.97. The maximum absolute atomic E-state index is 14.1. The molecular formula is C24H21FN4OS. The topological polar surface area (TPSA) is 51.0 Å². The fraction of sp³-hybridized carbons (Fsp3) is 0.208. The van der Waals surface area contributed by atoms with E-state index in [9.17, 15) is 9.18 Å². The lowest BCUT2D eigenvalue weighted by molar-refractivity contribution is 0.0707. The maximum Gasteiger partial charge on any atom is 0.253 e. The monoisotopic (exact) mass is 432 g/mol. The summed E-state index contributed by atoms with van der Waals surface area (Å²) in [5.74, 6) is -0.147. The molecule has 156 valence electrons. The van der Waals surface area contributed by atoms with Crippen molar-refractivity contribution in [3.63, 3.8) is 0 Å². The average Bonchev–Trinajstić information content (AvgIpc) is 3.52. The summed E-state index contributed by atoms with van der Waals surface area (Å²) in [5, 5.41) is 9.97. The highest BCUT2D eigenvalue weighted by atomic mass is 32.1. The largest absolute Gasteiger partial charge is 0.338 e. The van der Waals surface area contributed by atoms with Crippen LogP contribution in [0.5, 0.6) is 0 Å². The number of rotatable bonds is 4. The lowest BCUT2D eigenvalue weighted by Gasteiger charge is -2.31. The molecule has 0 N–H and O–H groups in total. The van der Waals surface area contributed by atoms with Gasteiger partial charge in [0.1, 0.15) is 10.8 Å². The van der Waals surface area contributed by atoms with Crippen LogP contribution >= 0.6 is 11.3 Å². The van der Waals surface area contributed by atoms with Gasteiger partial charge >= 0.3 is 0 Å². The molecule has 4 aromatic rings. The predicted molar refractivity (Wildman–Crippen MR) is 119 cm³/mol. The van der Waals surface area contributed by atoms with Crippen LogP contribution in [0.25, 0.3) is 16.3 Å². The van der Waals surface area contributed by atoms with E-state index in [0.717, 1.165) is 30.1 Å². The van der Waals surface area contributed by atoms with Crippen molar-refractivity contribution in [3.05, 3.63) is 89.4 Å². The molecule has 1 atom stereocenters. The minimum absolute atomic E-state index is 0.0302. The Morgan fingerprint density at radius 2 is 1.77 bits per heavy atom. The first-order valence-electron chi connectivity index (χ1n) is 10.3. The van der Waals surface area contributed by atoms with Gasteiger partial charge in [-0.25, -0.2) is 4.39 Å². The lowest BCUT2D eigenvalue weighted by atomic mass is 9.98. The number of carbonyl (C=O) groups is 1. The summed E-state index contributed by atoms with van der Waals surface area (Å²) in [6, 6.07) is 18.2. The first-order valence-corrected chi connectivity index (χ1v) is 11.1. The number of hydrogen-bond acceptors (Lipinski definition) is 4. The van der Waals surface area contributed by atoms with Crippen LogP contribution in [0.4, 0.5) is 4.39 Å². The van der Waals surface area contributed by atoms with E-state index >= 15 is 0 Å². The highest BCUT2D eigenvalue weighted by Gasteiger charge is 2.28. The smallest absolute Gasteiger partial charge is 0.253 e. The SMILES string of the molecule is O=C(c1ccc(-n2cccc2)cc1)N1CCCC(c2nnc(-c3ccccc3F)s2)C1. The van der Waals surface area contributed by atoms with E-state index in [4.69, 9.17) is 0 Å². The zero-order valence-electron chi connectivity index (χ0n) is 16.8. The number of amides is 1. The van der Waals surface area contributed by atoms with Crippen LogP contribution in [0.2, 0.25) is 0 Å². The minimum Gasteiger partial charge on any atom is -0.338 e. The van der Waals surface area contributed by atoms with Gasteiger partial charge < -0.3 is 9.47 Å². The molecule has 0 aliphatic carbocycles. The van der Waals surface area contributed by atoms with Crippen molar-refractivity contribution in [1.82, 2.24) is 19.7 Å². The Balaban J connectivity index is 1.30. The molecule has 1 fully saturated rings. The second-order valence-electron chi connectivity index (χ2n) is 7.65. The highest BCUT2D eigenvalue weighted by molar-refractivity contribution is 7.14. The molecule has 7 heteroatoms. The van der Waals surface area contributed by atoms with Crippen LogP contribution in [-0.2, 0) is 0 Å². The number of nitrogens with zero attached hydrogens (tertiary/aromatic N) is 4. The first-order chi connectivity index (χ1) is 15.2. The van der Waals surface area contributed by atoms with Gasteiger partial charge in [-0.05, 0) is 61.4 Å². The molecule has 1 unspecified atom stereocenters. The van der Waals surface area contributed by atoms with Crippen LogP contribution in [0.15, 0.2) is 73.1 Å². The van der Waals surface area contributed by atoms with Crippen molar-refractivity contribution in [1.29, 1.82) is 0 Å². The van der Waals surface area contributed by atoms with E-state index in [1.807, 2.05) is 58.3 Å². The van der Waals surface area contributed by atoms with E-state index in [1.165, 1.54) is 17.4 Å². The summed E-state index contributed by atoms with van der Waals surface area (Å²) in [4.78, 5) is 15.0. The molecular weight excluding hydrogens is 411 g/mol. The van der Waals surface area contributed by atoms with Crippen molar-refractivity contribution in [2.75, 3.05) is 13.1 Å². The van der Waals surface area contributed by atoms with Crippen LogP contribution in [0, 0.1) is 5.82 Å². The van der Waals surface area contributed by atoms with Gasteiger partial charge in [0.2, 0.25) is 0 Å². The Morgan fingerprint density at radius 1 is 1.00 bits per heavy atom. The zero-order valence-corrected chi connectivity index (χ0v) is 17.6. The van der Waals surface area contributed by atoms with E-state index in [1.54, 1.807) is 18.2 Å². The number of carbonyl (C=O) groups excluding carboxylic acids is 1. The summed E-state index contributed by atoms with van der Waals surface area (Å²) >= 11 is 1.41. The molecule has 1 aliphatic rings. The summed E-state index contributed by atoms with van der Waals surface area (Å²) < 4.78 is 16.1. The maximum atomic E-state index is 14.1. The van der Waals surface area contributed by atoms with E-state index in [2.05, 4.69) is 10.2 Å². The molecule has 0 radical (unpaired) electrons. The zero-order chi connectivity index (χ0) is 21.2. The Kier molecular flexibility index (Phi) is 5.34. The van der Waals surface area contributed by atoms with Gasteiger partial charge in [0.05, 0.1) is 0 Å². The number of hydrogen-bond donors (Lipinski definition) is 0. The summed E-state index contributed by atoms with van der Waals surface area (Å²) in [6.07, 6.45) is 5.81. The standard InChI is InChI=1S/C24H21FN4OS/c25-21-8-2-1-7-20(21)23-27-26-22(31-23)18-6-5-15-29(16-18)24(30)17-9-11-19(12-10-17)28-13-3-4-14-28/h1-4,7-14,18H,5-6,15-16H2. The molecule has 31 heavy (non-hydrogen) atoms. The number of aromatic nitrogens is 3. The van der Waals surface area contributed by atoms with Crippen molar-refractivity contribution < 1.29 is 9.18 Å². The van der Waals surface area contributed by atoms with Crippen molar-refractivity contribution in [3.8, 4) is 16.3 Å². The van der Waals surface area contributed by atoms with Gasteiger partial charge in [0.15, 0.2) is 5.01 Å². The van der Waals surface area contributed by atoms with Crippen molar-refractivity contribution >= 4 is 17.2 Å². The normalized spacial score (nSPS) is 16.4. The van der Waals surface area contributed by atoms with Crippen LogP contribution in [-0.4, -0.2) is 38.7 Å². The predicted octanol–water partition coefficient (Wildman–Crippen LogP) is 5.15. The fourth-order valence-electron chi connectivity index (χ4n) is 3.97. The van der Waals surface area contributed by atoms with E-state index < -0.39 is 0 Å². The summed E-state index contributed by atoms with van der Waals surface area (Å²) in [6.45, 7) is 1.33. The minimum atomic E-state index is -0.297. The molecule has 0 bridgehead atoms. The van der Waals surface area contributed by atoms with E-state index in [-0.39, 0.29) is 17.6 Å².